The number of anilines is 1. The Morgan fingerprint density at radius 3 is 2.65 bits per heavy atom. The Hall–Kier alpha value is -1.90. The third-order valence-corrected chi connectivity index (χ3v) is 5.36. The van der Waals surface area contributed by atoms with Gasteiger partial charge in [0.1, 0.15) is 0 Å². The summed E-state index contributed by atoms with van der Waals surface area (Å²) >= 11 is 10.3. The average molecular weight is 462 g/mol. The highest BCUT2D eigenvalue weighted by Crippen LogP contribution is 2.33. The van der Waals surface area contributed by atoms with Gasteiger partial charge in [-0.2, -0.15) is 13.2 Å². The van der Waals surface area contributed by atoms with Crippen molar-refractivity contribution in [2.24, 2.45) is 0 Å². The maximum Gasteiger partial charge on any atom is 0.416 e. The van der Waals surface area contributed by atoms with Gasteiger partial charge in [0.2, 0.25) is 0 Å². The van der Waals surface area contributed by atoms with Crippen LogP contribution in [0.4, 0.5) is 18.3 Å². The zero-order chi connectivity index (χ0) is 18.9. The van der Waals surface area contributed by atoms with E-state index >= 15 is 0 Å². The first kappa shape index (κ1) is 18.9. The highest BCUT2D eigenvalue weighted by molar-refractivity contribution is 9.10. The number of thiazole rings is 1. The van der Waals surface area contributed by atoms with Crippen molar-refractivity contribution >= 4 is 49.9 Å². The van der Waals surface area contributed by atoms with E-state index in [4.69, 9.17) is 11.6 Å². The van der Waals surface area contributed by atoms with Gasteiger partial charge in [-0.3, -0.25) is 10.1 Å². The molecule has 2 aromatic carbocycles. The van der Waals surface area contributed by atoms with Crippen LogP contribution in [0.25, 0.3) is 11.3 Å². The van der Waals surface area contributed by atoms with Gasteiger partial charge in [0, 0.05) is 21.0 Å². The van der Waals surface area contributed by atoms with Crippen LogP contribution in [0, 0.1) is 0 Å². The zero-order valence-electron chi connectivity index (χ0n) is 12.8. The minimum absolute atomic E-state index is 0.286. The summed E-state index contributed by atoms with van der Waals surface area (Å²) in [4.78, 5) is 16.4. The van der Waals surface area contributed by atoms with Crippen molar-refractivity contribution in [1.82, 2.24) is 4.98 Å². The molecule has 1 amide bonds. The molecule has 3 rings (SSSR count). The highest BCUT2D eigenvalue weighted by atomic mass is 79.9. The van der Waals surface area contributed by atoms with E-state index in [-0.39, 0.29) is 5.13 Å². The molecule has 0 fully saturated rings. The number of aromatic nitrogens is 1. The molecule has 0 aliphatic heterocycles. The molecule has 0 atom stereocenters. The second-order valence-corrected chi connectivity index (χ2v) is 7.32. The first-order valence-electron chi connectivity index (χ1n) is 7.13. The second kappa shape index (κ2) is 7.38. The smallest absolute Gasteiger partial charge is 0.298 e. The molecule has 134 valence electrons. The number of benzene rings is 2. The highest BCUT2D eigenvalue weighted by Gasteiger charge is 2.30. The van der Waals surface area contributed by atoms with Crippen molar-refractivity contribution in [2.75, 3.05) is 5.32 Å². The molecule has 0 aliphatic carbocycles. The van der Waals surface area contributed by atoms with Crippen molar-refractivity contribution < 1.29 is 18.0 Å². The van der Waals surface area contributed by atoms with E-state index in [9.17, 15) is 18.0 Å². The second-order valence-electron chi connectivity index (χ2n) is 5.20. The van der Waals surface area contributed by atoms with E-state index in [1.807, 2.05) is 0 Å². The number of carbonyl (C=O) groups excluding carboxylic acids is 1. The molecule has 0 radical (unpaired) electrons. The Labute approximate surface area is 164 Å². The minimum atomic E-state index is -4.43. The largest absolute Gasteiger partial charge is 0.416 e. The van der Waals surface area contributed by atoms with Crippen LogP contribution in [0.5, 0.6) is 0 Å². The van der Waals surface area contributed by atoms with Crippen molar-refractivity contribution in [3.05, 3.63) is 68.5 Å². The fourth-order valence-electron chi connectivity index (χ4n) is 2.13. The predicted molar refractivity (Wildman–Crippen MR) is 99.7 cm³/mol. The number of hydrogen-bond acceptors (Lipinski definition) is 3. The van der Waals surface area contributed by atoms with E-state index in [2.05, 4.69) is 26.2 Å². The first-order chi connectivity index (χ1) is 12.2. The van der Waals surface area contributed by atoms with Crippen LogP contribution >= 0.6 is 38.9 Å². The summed E-state index contributed by atoms with van der Waals surface area (Å²) in [5, 5.41) is 4.97. The minimum Gasteiger partial charge on any atom is -0.298 e. The fourth-order valence-corrected chi connectivity index (χ4v) is 3.34. The molecule has 9 heteroatoms. The van der Waals surface area contributed by atoms with E-state index in [0.717, 1.165) is 23.5 Å². The van der Waals surface area contributed by atoms with Gasteiger partial charge in [-0.25, -0.2) is 4.98 Å². The Morgan fingerprint density at radius 1 is 1.19 bits per heavy atom. The lowest BCUT2D eigenvalue weighted by Crippen LogP contribution is -2.11. The zero-order valence-corrected chi connectivity index (χ0v) is 15.9. The predicted octanol–water partition coefficient (Wildman–Crippen LogP) is 6.50. The van der Waals surface area contributed by atoms with Crippen LogP contribution < -0.4 is 5.32 Å². The Morgan fingerprint density at radius 2 is 1.96 bits per heavy atom. The van der Waals surface area contributed by atoms with Gasteiger partial charge in [0.15, 0.2) is 5.13 Å². The normalized spacial score (nSPS) is 11.4. The molecule has 1 aromatic heterocycles. The van der Waals surface area contributed by atoms with Crippen LogP contribution in [0.1, 0.15) is 15.9 Å². The molecule has 1 heterocycles. The van der Waals surface area contributed by atoms with Crippen LogP contribution in [0.2, 0.25) is 5.02 Å². The molecule has 0 saturated heterocycles. The topological polar surface area (TPSA) is 42.0 Å². The van der Waals surface area contributed by atoms with Crippen LogP contribution in [-0.4, -0.2) is 10.9 Å². The number of carbonyl (C=O) groups is 1. The summed E-state index contributed by atoms with van der Waals surface area (Å²) in [5.74, 6) is -0.396. The lowest BCUT2D eigenvalue weighted by atomic mass is 10.1. The summed E-state index contributed by atoms with van der Waals surface area (Å²) in [5.41, 5.74) is 0.302. The number of nitrogens with zero attached hydrogens (tertiary/aromatic N) is 1. The Bertz CT molecular complexity index is 975. The molecule has 26 heavy (non-hydrogen) atoms. The van der Waals surface area contributed by atoms with E-state index in [1.165, 1.54) is 12.1 Å². The quantitative estimate of drug-likeness (QED) is 0.484. The maximum atomic E-state index is 12.8. The number of hydrogen-bond donors (Lipinski definition) is 1. The van der Waals surface area contributed by atoms with Crippen LogP contribution in [0.15, 0.2) is 52.3 Å². The number of alkyl halides is 3. The maximum absolute atomic E-state index is 12.8. The average Bonchev–Trinajstić information content (AvgIpc) is 3.05. The van der Waals surface area contributed by atoms with E-state index in [1.54, 1.807) is 23.6 Å². The number of amides is 1. The molecular weight excluding hydrogens is 453 g/mol. The molecule has 0 aliphatic rings. The van der Waals surface area contributed by atoms with E-state index in [0.29, 0.717) is 26.3 Å². The van der Waals surface area contributed by atoms with Crippen molar-refractivity contribution in [1.29, 1.82) is 0 Å². The van der Waals surface area contributed by atoms with Gasteiger partial charge in [-0.05, 0) is 46.3 Å². The van der Waals surface area contributed by atoms with Gasteiger partial charge in [-0.15, -0.1) is 11.3 Å². The molecule has 3 aromatic rings. The number of halogens is 5. The van der Waals surface area contributed by atoms with Gasteiger partial charge in [0.05, 0.1) is 16.3 Å². The Balaban J connectivity index is 1.80. The molecule has 0 spiro atoms. The third-order valence-electron chi connectivity index (χ3n) is 3.39. The first-order valence-corrected chi connectivity index (χ1v) is 9.18. The number of nitrogens with one attached hydrogen (secondary N) is 1. The summed E-state index contributed by atoms with van der Waals surface area (Å²) in [6, 6.07) is 9.58. The monoisotopic (exact) mass is 460 g/mol. The van der Waals surface area contributed by atoms with Gasteiger partial charge >= 0.3 is 6.18 Å². The van der Waals surface area contributed by atoms with E-state index < -0.39 is 17.6 Å². The lowest BCUT2D eigenvalue weighted by Gasteiger charge is -2.07. The molecule has 3 nitrogen and oxygen atoms in total. The van der Waals surface area contributed by atoms with Gasteiger partial charge in [-0.1, -0.05) is 23.7 Å². The standard InChI is InChI=1S/C17H9BrClF3N2OS/c18-12-7-10(4-5-13(12)19)15(25)24-16-23-14(8-26-16)9-2-1-3-11(6-9)17(20,21)22/h1-8H,(H,23,24,25). The fraction of sp³-hybridized carbons (Fsp3) is 0.0588. The summed E-state index contributed by atoms with van der Waals surface area (Å²) < 4.78 is 39.0. The van der Waals surface area contributed by atoms with Gasteiger partial charge < -0.3 is 0 Å². The molecule has 0 saturated carbocycles. The van der Waals surface area contributed by atoms with Crippen molar-refractivity contribution in [3.63, 3.8) is 0 Å². The van der Waals surface area contributed by atoms with Gasteiger partial charge in [0.25, 0.3) is 5.91 Å². The Kier molecular flexibility index (Phi) is 5.36. The molecule has 0 unspecified atom stereocenters. The van der Waals surface area contributed by atoms with Crippen LogP contribution in [0.3, 0.4) is 0 Å². The van der Waals surface area contributed by atoms with Crippen molar-refractivity contribution in [2.45, 2.75) is 6.18 Å². The van der Waals surface area contributed by atoms with Crippen LogP contribution in [-0.2, 0) is 6.18 Å². The summed E-state index contributed by atoms with van der Waals surface area (Å²) in [6.45, 7) is 0. The molecular formula is C17H9BrClF3N2OS. The molecule has 1 N–H and O–H groups in total. The third kappa shape index (κ3) is 4.25. The lowest BCUT2D eigenvalue weighted by molar-refractivity contribution is -0.137. The van der Waals surface area contributed by atoms with Crippen molar-refractivity contribution in [3.8, 4) is 11.3 Å². The molecule has 0 bridgehead atoms. The summed E-state index contributed by atoms with van der Waals surface area (Å²) in [6.07, 6.45) is -4.43. The SMILES string of the molecule is O=C(Nc1nc(-c2cccc(C(F)(F)F)c2)cs1)c1ccc(Cl)c(Br)c1. The number of rotatable bonds is 3. The summed E-state index contributed by atoms with van der Waals surface area (Å²) in [7, 11) is 0.